The first-order valence-electron chi connectivity index (χ1n) is 6.46. The van der Waals surface area contributed by atoms with Crippen LogP contribution in [0.1, 0.15) is 22.3 Å². The Bertz CT molecular complexity index is 473. The normalized spacial score (nSPS) is 10.6. The van der Waals surface area contributed by atoms with Crippen molar-refractivity contribution in [2.24, 2.45) is 0 Å². The topological polar surface area (TPSA) is 18.5 Å². The molecule has 0 saturated carbocycles. The summed E-state index contributed by atoms with van der Waals surface area (Å²) in [5.74, 6) is 0. The van der Waals surface area contributed by atoms with Crippen molar-refractivity contribution in [1.82, 2.24) is 0 Å². The average molecular weight is 256 g/mol. The maximum atomic E-state index is 5.26. The van der Waals surface area contributed by atoms with Crippen LogP contribution in [-0.2, 0) is 29.1 Å². The van der Waals surface area contributed by atoms with Gasteiger partial charge in [0.15, 0.2) is 0 Å². The molecular weight excluding hydrogens is 236 g/mol. The molecule has 0 aliphatic heterocycles. The van der Waals surface area contributed by atoms with Crippen molar-refractivity contribution in [2.45, 2.75) is 19.6 Å². The first-order valence-corrected chi connectivity index (χ1v) is 6.46. The van der Waals surface area contributed by atoms with Crippen LogP contribution in [0, 0.1) is 0 Å². The van der Waals surface area contributed by atoms with E-state index in [1.807, 2.05) is 0 Å². The van der Waals surface area contributed by atoms with E-state index < -0.39 is 0 Å². The van der Waals surface area contributed by atoms with E-state index in [1.54, 1.807) is 14.2 Å². The van der Waals surface area contributed by atoms with E-state index in [1.165, 1.54) is 22.3 Å². The van der Waals surface area contributed by atoms with Crippen molar-refractivity contribution < 1.29 is 9.47 Å². The minimum atomic E-state index is 0.655. The van der Waals surface area contributed by atoms with Crippen molar-refractivity contribution in [1.29, 1.82) is 0 Å². The zero-order chi connectivity index (χ0) is 13.5. The third-order valence-electron chi connectivity index (χ3n) is 3.22. The summed E-state index contributed by atoms with van der Waals surface area (Å²) in [6, 6.07) is 16.8. The van der Waals surface area contributed by atoms with Crippen LogP contribution >= 0.6 is 0 Å². The molecule has 0 bridgehead atoms. The molecule has 100 valence electrons. The summed E-state index contributed by atoms with van der Waals surface area (Å²) in [7, 11) is 3.46. The van der Waals surface area contributed by atoms with Crippen LogP contribution in [0.15, 0.2) is 48.5 Å². The van der Waals surface area contributed by atoms with Gasteiger partial charge in [-0.25, -0.2) is 0 Å². The Kier molecular flexibility index (Phi) is 5.13. The lowest BCUT2D eigenvalue weighted by Gasteiger charge is -2.12. The largest absolute Gasteiger partial charge is 0.380 e. The SMILES string of the molecule is COCc1ccccc1Cc1ccccc1COC. The van der Waals surface area contributed by atoms with E-state index in [0.29, 0.717) is 13.2 Å². The highest BCUT2D eigenvalue weighted by atomic mass is 16.5. The minimum absolute atomic E-state index is 0.655. The molecule has 2 heteroatoms. The molecule has 0 amide bonds. The Hall–Kier alpha value is -1.64. The number of ether oxygens (including phenoxy) is 2. The Morgan fingerprint density at radius 1 is 0.632 bits per heavy atom. The molecule has 0 saturated heterocycles. The third-order valence-corrected chi connectivity index (χ3v) is 3.22. The second-order valence-electron chi connectivity index (χ2n) is 4.58. The Balaban J connectivity index is 2.25. The molecule has 0 aliphatic rings. The lowest BCUT2D eigenvalue weighted by molar-refractivity contribution is 0.183. The maximum Gasteiger partial charge on any atom is 0.0715 e. The summed E-state index contributed by atoms with van der Waals surface area (Å²) in [6.45, 7) is 1.31. The monoisotopic (exact) mass is 256 g/mol. The number of hydrogen-bond donors (Lipinski definition) is 0. The number of methoxy groups -OCH3 is 2. The quantitative estimate of drug-likeness (QED) is 0.786. The first kappa shape index (κ1) is 13.8. The molecule has 0 spiro atoms. The molecule has 0 heterocycles. The zero-order valence-corrected chi connectivity index (χ0v) is 11.6. The van der Waals surface area contributed by atoms with Gasteiger partial charge in [-0.3, -0.25) is 0 Å². The molecule has 2 aromatic carbocycles. The standard InChI is InChI=1S/C17H20O2/c1-18-12-16-9-5-3-7-14(16)11-15-8-4-6-10-17(15)13-19-2/h3-10H,11-13H2,1-2H3. The average Bonchev–Trinajstić information content (AvgIpc) is 2.44. The van der Waals surface area contributed by atoms with Gasteiger partial charge >= 0.3 is 0 Å². The highest BCUT2D eigenvalue weighted by molar-refractivity contribution is 5.36. The van der Waals surface area contributed by atoms with Crippen LogP contribution in [0.4, 0.5) is 0 Å². The van der Waals surface area contributed by atoms with Crippen LogP contribution in [0.2, 0.25) is 0 Å². The molecule has 0 fully saturated rings. The molecule has 19 heavy (non-hydrogen) atoms. The van der Waals surface area contributed by atoms with Gasteiger partial charge in [-0.2, -0.15) is 0 Å². The van der Waals surface area contributed by atoms with Crippen molar-refractivity contribution in [3.05, 3.63) is 70.8 Å². The van der Waals surface area contributed by atoms with Crippen LogP contribution in [0.5, 0.6) is 0 Å². The fraction of sp³-hybridized carbons (Fsp3) is 0.294. The van der Waals surface area contributed by atoms with Gasteiger partial charge in [0, 0.05) is 14.2 Å². The number of hydrogen-bond acceptors (Lipinski definition) is 2. The predicted molar refractivity (Wildman–Crippen MR) is 77.1 cm³/mol. The minimum Gasteiger partial charge on any atom is -0.380 e. The predicted octanol–water partition coefficient (Wildman–Crippen LogP) is 3.57. The summed E-state index contributed by atoms with van der Waals surface area (Å²) < 4.78 is 10.5. The lowest BCUT2D eigenvalue weighted by Crippen LogP contribution is -2.00. The van der Waals surface area contributed by atoms with Gasteiger partial charge in [-0.1, -0.05) is 48.5 Å². The molecule has 0 aliphatic carbocycles. The summed E-state index contributed by atoms with van der Waals surface area (Å²) in [4.78, 5) is 0. The Morgan fingerprint density at radius 3 is 1.37 bits per heavy atom. The van der Waals surface area contributed by atoms with E-state index in [2.05, 4.69) is 48.5 Å². The Morgan fingerprint density at radius 2 is 1.00 bits per heavy atom. The van der Waals surface area contributed by atoms with Crippen LogP contribution in [0.3, 0.4) is 0 Å². The number of rotatable bonds is 6. The highest BCUT2D eigenvalue weighted by Crippen LogP contribution is 2.18. The molecular formula is C17H20O2. The summed E-state index contributed by atoms with van der Waals surface area (Å²) in [6.07, 6.45) is 0.916. The van der Waals surface area contributed by atoms with E-state index in [9.17, 15) is 0 Å². The van der Waals surface area contributed by atoms with Gasteiger partial charge in [-0.05, 0) is 28.7 Å². The van der Waals surface area contributed by atoms with Gasteiger partial charge in [0.25, 0.3) is 0 Å². The maximum absolute atomic E-state index is 5.26. The van der Waals surface area contributed by atoms with E-state index in [0.717, 1.165) is 6.42 Å². The van der Waals surface area contributed by atoms with E-state index >= 15 is 0 Å². The first-order chi connectivity index (χ1) is 9.35. The van der Waals surface area contributed by atoms with Crippen molar-refractivity contribution >= 4 is 0 Å². The zero-order valence-electron chi connectivity index (χ0n) is 11.6. The molecule has 0 aromatic heterocycles. The van der Waals surface area contributed by atoms with Crippen LogP contribution < -0.4 is 0 Å². The molecule has 0 radical (unpaired) electrons. The summed E-state index contributed by atoms with van der Waals surface area (Å²) >= 11 is 0. The van der Waals surface area contributed by atoms with E-state index in [-0.39, 0.29) is 0 Å². The van der Waals surface area contributed by atoms with Gasteiger partial charge in [0.1, 0.15) is 0 Å². The van der Waals surface area contributed by atoms with Gasteiger partial charge < -0.3 is 9.47 Å². The second kappa shape index (κ2) is 7.07. The molecule has 0 atom stereocenters. The van der Waals surface area contributed by atoms with Gasteiger partial charge in [0.05, 0.1) is 13.2 Å². The second-order valence-corrected chi connectivity index (χ2v) is 4.58. The number of benzene rings is 2. The smallest absolute Gasteiger partial charge is 0.0715 e. The van der Waals surface area contributed by atoms with Crippen LogP contribution in [-0.4, -0.2) is 14.2 Å². The van der Waals surface area contributed by atoms with Crippen molar-refractivity contribution in [3.63, 3.8) is 0 Å². The van der Waals surface area contributed by atoms with Crippen LogP contribution in [0.25, 0.3) is 0 Å². The molecule has 2 aromatic rings. The molecule has 0 unspecified atom stereocenters. The molecule has 2 rings (SSSR count). The highest BCUT2D eigenvalue weighted by Gasteiger charge is 2.06. The molecule has 0 N–H and O–H groups in total. The summed E-state index contributed by atoms with van der Waals surface area (Å²) in [5, 5.41) is 0. The Labute approximate surface area is 115 Å². The third kappa shape index (κ3) is 3.66. The summed E-state index contributed by atoms with van der Waals surface area (Å²) in [5.41, 5.74) is 5.12. The lowest BCUT2D eigenvalue weighted by atomic mass is 9.97. The van der Waals surface area contributed by atoms with E-state index in [4.69, 9.17) is 9.47 Å². The van der Waals surface area contributed by atoms with Gasteiger partial charge in [-0.15, -0.1) is 0 Å². The molecule has 2 nitrogen and oxygen atoms in total. The fourth-order valence-electron chi connectivity index (χ4n) is 2.26. The fourth-order valence-corrected chi connectivity index (χ4v) is 2.26. The van der Waals surface area contributed by atoms with Crippen molar-refractivity contribution in [3.8, 4) is 0 Å². The van der Waals surface area contributed by atoms with Gasteiger partial charge in [0.2, 0.25) is 0 Å². The van der Waals surface area contributed by atoms with Crippen molar-refractivity contribution in [2.75, 3.05) is 14.2 Å².